The number of carbonyl (C=O) groups excluding carboxylic acids is 3. The van der Waals surface area contributed by atoms with Crippen LogP contribution in [0.3, 0.4) is 0 Å². The van der Waals surface area contributed by atoms with Crippen molar-refractivity contribution in [2.75, 3.05) is 11.9 Å². The van der Waals surface area contributed by atoms with Crippen LogP contribution < -0.4 is 15.4 Å². The van der Waals surface area contributed by atoms with Gasteiger partial charge in [-0.25, -0.2) is 4.39 Å². The largest absolute Gasteiger partial charge is 0.573 e. The van der Waals surface area contributed by atoms with E-state index in [-0.39, 0.29) is 30.9 Å². The lowest BCUT2D eigenvalue weighted by Gasteiger charge is -2.27. The summed E-state index contributed by atoms with van der Waals surface area (Å²) in [4.78, 5) is 40.9. The van der Waals surface area contributed by atoms with Gasteiger partial charge in [0.05, 0.1) is 11.5 Å². The average molecular weight is 530 g/mol. The number of hydrogen-bond donors (Lipinski definition) is 2. The van der Waals surface area contributed by atoms with Crippen molar-refractivity contribution >= 4 is 23.4 Å². The number of amides is 3. The Morgan fingerprint density at radius 2 is 2.00 bits per heavy atom. The maximum absolute atomic E-state index is 14.1. The number of hydrogen-bond acceptors (Lipinski definition) is 5. The first-order valence-electron chi connectivity index (χ1n) is 12.0. The van der Waals surface area contributed by atoms with Gasteiger partial charge in [0.1, 0.15) is 23.7 Å². The normalized spacial score (nSPS) is 23.0. The summed E-state index contributed by atoms with van der Waals surface area (Å²) >= 11 is 0. The molecular weight excluding hydrogens is 508 g/mol. The predicted molar refractivity (Wildman–Crippen MR) is 124 cm³/mol. The Balaban J connectivity index is 1.39. The maximum Gasteiger partial charge on any atom is 0.573 e. The SMILES string of the molecule is N#C[C@@H]1C[C@@]2(CN1C(=O)[C@H](CC1CC1)NC(=O)c1cccc(OC(F)(F)F)c1)C(=O)Nc1ccc(F)cc12. The van der Waals surface area contributed by atoms with E-state index in [1.807, 2.05) is 6.07 Å². The van der Waals surface area contributed by atoms with E-state index in [2.05, 4.69) is 15.4 Å². The van der Waals surface area contributed by atoms with Crippen molar-refractivity contribution in [1.82, 2.24) is 10.2 Å². The van der Waals surface area contributed by atoms with Crippen LogP contribution in [0.25, 0.3) is 0 Å². The molecule has 2 N–H and O–H groups in total. The summed E-state index contributed by atoms with van der Waals surface area (Å²) in [5.74, 6) is -2.81. The predicted octanol–water partition coefficient (Wildman–Crippen LogP) is 3.64. The minimum Gasteiger partial charge on any atom is -0.406 e. The fourth-order valence-corrected chi connectivity index (χ4v) is 5.18. The first kappa shape index (κ1) is 25.5. The van der Waals surface area contributed by atoms with E-state index in [4.69, 9.17) is 0 Å². The number of alkyl halides is 3. The molecule has 12 heteroatoms. The molecule has 0 bridgehead atoms. The van der Waals surface area contributed by atoms with Crippen molar-refractivity contribution in [1.29, 1.82) is 5.26 Å². The van der Waals surface area contributed by atoms with E-state index in [9.17, 15) is 37.2 Å². The second-order valence-electron chi connectivity index (χ2n) is 9.82. The summed E-state index contributed by atoms with van der Waals surface area (Å²) < 4.78 is 55.7. The van der Waals surface area contributed by atoms with E-state index in [0.29, 0.717) is 11.3 Å². The number of nitriles is 1. The van der Waals surface area contributed by atoms with Crippen LogP contribution >= 0.6 is 0 Å². The standard InChI is InChI=1S/C26H22F4N4O4/c27-16-6-7-20-19(10-16)25(24(37)33-20)11-17(12-31)34(13-25)23(36)21(8-14-4-5-14)32-22(35)15-2-1-3-18(9-15)38-26(28,29)30/h1-3,6-7,9-10,14,17,21H,4-5,8,11,13H2,(H,32,35)(H,33,37)/t17-,21-,25-/m0/s1. The molecule has 198 valence electrons. The quantitative estimate of drug-likeness (QED) is 0.554. The van der Waals surface area contributed by atoms with Gasteiger partial charge in [0.2, 0.25) is 11.8 Å². The highest BCUT2D eigenvalue weighted by Crippen LogP contribution is 2.47. The van der Waals surface area contributed by atoms with Crippen molar-refractivity contribution in [3.63, 3.8) is 0 Å². The molecule has 0 aromatic heterocycles. The first-order chi connectivity index (χ1) is 18.0. The van der Waals surface area contributed by atoms with Crippen LogP contribution in [0.4, 0.5) is 23.2 Å². The zero-order chi connectivity index (χ0) is 27.2. The molecule has 5 rings (SSSR count). The molecule has 1 aliphatic carbocycles. The summed E-state index contributed by atoms with van der Waals surface area (Å²) in [5.41, 5.74) is -0.687. The van der Waals surface area contributed by atoms with Crippen molar-refractivity contribution < 1.29 is 36.7 Å². The van der Waals surface area contributed by atoms with Crippen LogP contribution in [0.1, 0.15) is 41.6 Å². The van der Waals surface area contributed by atoms with Gasteiger partial charge in [-0.3, -0.25) is 14.4 Å². The van der Waals surface area contributed by atoms with Gasteiger partial charge < -0.3 is 20.3 Å². The van der Waals surface area contributed by atoms with Gasteiger partial charge in [0.25, 0.3) is 5.91 Å². The molecule has 8 nitrogen and oxygen atoms in total. The molecule has 2 aromatic carbocycles. The second kappa shape index (κ2) is 9.31. The number of nitrogens with one attached hydrogen (secondary N) is 2. The third kappa shape index (κ3) is 4.88. The molecule has 1 saturated heterocycles. The van der Waals surface area contributed by atoms with Crippen molar-refractivity contribution in [2.24, 2.45) is 5.92 Å². The van der Waals surface area contributed by atoms with E-state index in [1.54, 1.807) is 0 Å². The van der Waals surface area contributed by atoms with Gasteiger partial charge in [-0.2, -0.15) is 5.26 Å². The first-order valence-corrected chi connectivity index (χ1v) is 12.0. The number of rotatable bonds is 6. The molecule has 0 radical (unpaired) electrons. The van der Waals surface area contributed by atoms with Crippen molar-refractivity contribution in [3.8, 4) is 11.8 Å². The zero-order valence-corrected chi connectivity index (χ0v) is 19.8. The molecule has 2 fully saturated rings. The minimum absolute atomic E-state index is 0.0432. The van der Waals surface area contributed by atoms with E-state index >= 15 is 0 Å². The third-order valence-electron chi connectivity index (χ3n) is 7.17. The number of likely N-dealkylation sites (tertiary alicyclic amines) is 1. The van der Waals surface area contributed by atoms with Gasteiger partial charge >= 0.3 is 6.36 Å². The number of fused-ring (bicyclic) bond motifs is 2. The third-order valence-corrected chi connectivity index (χ3v) is 7.17. The Kier molecular flexibility index (Phi) is 6.25. The fraction of sp³-hybridized carbons (Fsp3) is 0.385. The smallest absolute Gasteiger partial charge is 0.406 e. The van der Waals surface area contributed by atoms with E-state index in [0.717, 1.165) is 25.0 Å². The number of anilines is 1. The monoisotopic (exact) mass is 530 g/mol. The second-order valence-corrected chi connectivity index (χ2v) is 9.82. The number of nitrogens with zero attached hydrogens (tertiary/aromatic N) is 2. The maximum atomic E-state index is 14.1. The summed E-state index contributed by atoms with van der Waals surface area (Å²) in [5, 5.41) is 15.1. The van der Waals surface area contributed by atoms with Gasteiger partial charge in [-0.05, 0) is 54.3 Å². The number of ether oxygens (including phenoxy) is 1. The van der Waals surface area contributed by atoms with Crippen LogP contribution in [-0.2, 0) is 15.0 Å². The molecular formula is C26H22F4N4O4. The summed E-state index contributed by atoms with van der Waals surface area (Å²) in [7, 11) is 0. The summed E-state index contributed by atoms with van der Waals surface area (Å²) in [6, 6.07) is 8.27. The molecule has 3 atom stereocenters. The summed E-state index contributed by atoms with van der Waals surface area (Å²) in [6.07, 6.45) is -3.03. The van der Waals surface area contributed by atoms with Gasteiger partial charge in [0.15, 0.2) is 0 Å². The highest BCUT2D eigenvalue weighted by Gasteiger charge is 2.56. The van der Waals surface area contributed by atoms with Crippen LogP contribution in [0.15, 0.2) is 42.5 Å². The highest BCUT2D eigenvalue weighted by molar-refractivity contribution is 6.07. The van der Waals surface area contributed by atoms with Crippen LogP contribution in [0.5, 0.6) is 5.75 Å². The highest BCUT2D eigenvalue weighted by atomic mass is 19.4. The minimum atomic E-state index is -4.94. The fourth-order valence-electron chi connectivity index (χ4n) is 5.18. The lowest BCUT2D eigenvalue weighted by molar-refractivity contribution is -0.274. The lowest BCUT2D eigenvalue weighted by Crippen LogP contribution is -2.51. The van der Waals surface area contributed by atoms with E-state index in [1.165, 1.54) is 35.2 Å². The van der Waals surface area contributed by atoms with Gasteiger partial charge in [-0.1, -0.05) is 18.9 Å². The van der Waals surface area contributed by atoms with Crippen LogP contribution in [0.2, 0.25) is 0 Å². The molecule has 2 heterocycles. The van der Waals surface area contributed by atoms with Gasteiger partial charge in [-0.15, -0.1) is 13.2 Å². The molecule has 3 amide bonds. The lowest BCUT2D eigenvalue weighted by atomic mass is 9.79. The zero-order valence-electron chi connectivity index (χ0n) is 19.8. The molecule has 3 aliphatic rings. The van der Waals surface area contributed by atoms with Crippen molar-refractivity contribution in [2.45, 2.75) is 49.5 Å². The molecule has 2 aromatic rings. The number of halogens is 4. The van der Waals surface area contributed by atoms with E-state index < -0.39 is 53.1 Å². The Morgan fingerprint density at radius 1 is 1.24 bits per heavy atom. The Morgan fingerprint density at radius 3 is 2.68 bits per heavy atom. The molecule has 2 aliphatic heterocycles. The topological polar surface area (TPSA) is 112 Å². The Hall–Kier alpha value is -4.14. The number of carbonyl (C=O) groups is 3. The van der Waals surface area contributed by atoms with Crippen LogP contribution in [0, 0.1) is 23.1 Å². The molecule has 38 heavy (non-hydrogen) atoms. The molecule has 1 spiro atoms. The number of benzene rings is 2. The Bertz CT molecular complexity index is 1350. The molecule has 0 unspecified atom stereocenters. The average Bonchev–Trinajstić information content (AvgIpc) is 3.53. The van der Waals surface area contributed by atoms with Gasteiger partial charge in [0, 0.05) is 24.2 Å². The van der Waals surface area contributed by atoms with Crippen LogP contribution in [-0.4, -0.2) is 47.6 Å². The molecule has 1 saturated carbocycles. The Labute approximate surface area is 214 Å². The summed E-state index contributed by atoms with van der Waals surface area (Å²) in [6.45, 7) is -0.182. The van der Waals surface area contributed by atoms with Crippen molar-refractivity contribution in [3.05, 3.63) is 59.4 Å².